The molecule has 0 heterocycles. The standard InChI is InChI=1S/C22H29NO.C20H25NO.C14H20ClNO.C14H21NO/c23-18-22(20-11-5-2-6-12-20)15-13-21(14-16-22)24-17-7-10-19-8-3-1-4-9-19;21-16-20(18-9-5-2-6-10-18)13-11-19(12-14-20)22-15-17-7-3-1-4-8-17;1-17-11-6-8-14(10-16,9-7-11)12-4-2-3-5-13(12)15;1-16-13-7-9-14(11-15,10-8-13)12-5-3-2-4-6-12/h1-6,8-9,11-12,21H,7,10,13-18,23H2;1-10,19H,11-16,21H2;2-5,11H,6-10,16H2,1H3;2-6,13H,7-11,15H2,1H3. The molecule has 4 fully saturated rings. The van der Waals surface area contributed by atoms with Gasteiger partial charge >= 0.3 is 0 Å². The minimum atomic E-state index is 0.0490. The molecule has 10 rings (SSSR count). The summed E-state index contributed by atoms with van der Waals surface area (Å²) < 4.78 is 23.1. The van der Waals surface area contributed by atoms with Crippen LogP contribution in [0.5, 0.6) is 0 Å². The summed E-state index contributed by atoms with van der Waals surface area (Å²) >= 11 is 6.31. The van der Waals surface area contributed by atoms with Crippen LogP contribution in [0.1, 0.15) is 143 Å². The van der Waals surface area contributed by atoms with Crippen molar-refractivity contribution in [1.82, 2.24) is 0 Å². The van der Waals surface area contributed by atoms with Gasteiger partial charge in [0, 0.05) is 73.7 Å². The van der Waals surface area contributed by atoms with Crippen LogP contribution in [0.3, 0.4) is 0 Å². The lowest BCUT2D eigenvalue weighted by atomic mass is 9.68. The van der Waals surface area contributed by atoms with E-state index < -0.39 is 0 Å². The molecule has 8 nitrogen and oxygen atoms in total. The van der Waals surface area contributed by atoms with Crippen LogP contribution in [-0.4, -0.2) is 71.4 Å². The second kappa shape index (κ2) is 32.1. The van der Waals surface area contributed by atoms with Gasteiger partial charge in [-0.15, -0.1) is 0 Å². The van der Waals surface area contributed by atoms with Crippen molar-refractivity contribution in [3.8, 4) is 0 Å². The van der Waals surface area contributed by atoms with Crippen molar-refractivity contribution < 1.29 is 18.9 Å². The molecule has 0 aromatic heterocycles. The molecule has 4 aliphatic carbocycles. The van der Waals surface area contributed by atoms with E-state index in [1.165, 1.54) is 33.4 Å². The van der Waals surface area contributed by atoms with Crippen LogP contribution >= 0.6 is 11.6 Å². The molecule has 0 aliphatic heterocycles. The maximum atomic E-state index is 6.31. The third-order valence-corrected chi connectivity index (χ3v) is 18.9. The molecule has 0 amide bonds. The molecule has 4 aliphatic rings. The fourth-order valence-corrected chi connectivity index (χ4v) is 13.4. The summed E-state index contributed by atoms with van der Waals surface area (Å²) in [7, 11) is 3.60. The SMILES string of the molecule is COC1CCC(CN)(c2ccccc2)CC1.COC1CCC(CN)(c2ccccc2Cl)CC1.NCC1(c2ccccc2)CCC(OCCCc2ccccc2)CC1.NCC1(c2ccccc2)CCC(OCc2ccccc2)CC1. The Morgan fingerprint density at radius 1 is 0.380 bits per heavy atom. The van der Waals surface area contributed by atoms with E-state index in [0.717, 1.165) is 147 Å². The van der Waals surface area contributed by atoms with E-state index in [1.807, 2.05) is 31.4 Å². The Labute approximate surface area is 480 Å². The summed E-state index contributed by atoms with van der Waals surface area (Å²) in [4.78, 5) is 0. The molecule has 0 saturated heterocycles. The Kier molecular flexibility index (Phi) is 25.1. The van der Waals surface area contributed by atoms with Crippen LogP contribution < -0.4 is 22.9 Å². The van der Waals surface area contributed by atoms with Crippen molar-refractivity contribution in [3.05, 3.63) is 214 Å². The number of ether oxygens (including phenoxy) is 4. The van der Waals surface area contributed by atoms with Gasteiger partial charge in [-0.25, -0.2) is 0 Å². The Balaban J connectivity index is 0.000000154. The minimum absolute atomic E-state index is 0.0490. The van der Waals surface area contributed by atoms with Crippen LogP contribution in [0.25, 0.3) is 0 Å². The maximum absolute atomic E-state index is 6.31. The Hall–Kier alpha value is -4.71. The molecule has 79 heavy (non-hydrogen) atoms. The number of rotatable bonds is 18. The first-order valence-corrected chi connectivity index (χ1v) is 30.1. The van der Waals surface area contributed by atoms with E-state index >= 15 is 0 Å². The van der Waals surface area contributed by atoms with Crippen LogP contribution in [-0.2, 0) is 53.6 Å². The fourth-order valence-electron chi connectivity index (χ4n) is 13.0. The highest BCUT2D eigenvalue weighted by Gasteiger charge is 2.39. The molecular weight excluding hydrogens is 996 g/mol. The third kappa shape index (κ3) is 17.4. The second-order valence-corrected chi connectivity index (χ2v) is 23.4. The van der Waals surface area contributed by atoms with Gasteiger partial charge in [0.1, 0.15) is 0 Å². The molecular formula is C70H95ClN4O4. The summed E-state index contributed by atoms with van der Waals surface area (Å²) in [6.07, 6.45) is 21.5. The average Bonchev–Trinajstić information content (AvgIpc) is 3.54. The number of hydrogen-bond donors (Lipinski definition) is 4. The van der Waals surface area contributed by atoms with Gasteiger partial charge in [0.05, 0.1) is 31.0 Å². The van der Waals surface area contributed by atoms with Crippen molar-refractivity contribution in [2.24, 2.45) is 22.9 Å². The summed E-state index contributed by atoms with van der Waals surface area (Å²) in [5.41, 5.74) is 32.9. The number of aryl methyl sites for hydroxylation is 1. The molecule has 426 valence electrons. The first kappa shape index (κ1) is 61.9. The monoisotopic (exact) mass is 1090 g/mol. The highest BCUT2D eigenvalue weighted by atomic mass is 35.5. The number of methoxy groups -OCH3 is 2. The summed E-state index contributed by atoms with van der Waals surface area (Å²) in [6, 6.07) is 61.4. The highest BCUT2D eigenvalue weighted by molar-refractivity contribution is 6.31. The predicted molar refractivity (Wildman–Crippen MR) is 329 cm³/mol. The zero-order valence-electron chi connectivity index (χ0n) is 47.8. The van der Waals surface area contributed by atoms with Gasteiger partial charge in [-0.05, 0) is 155 Å². The van der Waals surface area contributed by atoms with E-state index in [2.05, 4.69) is 152 Å². The number of nitrogens with two attached hydrogens (primary N) is 4. The normalized spacial score (nSPS) is 26.7. The minimum Gasteiger partial charge on any atom is -0.381 e. The van der Waals surface area contributed by atoms with Crippen LogP contribution in [0.2, 0.25) is 5.02 Å². The van der Waals surface area contributed by atoms with Crippen molar-refractivity contribution >= 4 is 11.6 Å². The first-order chi connectivity index (χ1) is 38.7. The molecule has 0 bridgehead atoms. The highest BCUT2D eigenvalue weighted by Crippen LogP contribution is 2.44. The third-order valence-electron chi connectivity index (χ3n) is 18.5. The van der Waals surface area contributed by atoms with Crippen LogP contribution in [0.15, 0.2) is 176 Å². The first-order valence-electron chi connectivity index (χ1n) is 29.8. The topological polar surface area (TPSA) is 141 Å². The zero-order valence-corrected chi connectivity index (χ0v) is 48.6. The van der Waals surface area contributed by atoms with Crippen molar-refractivity contribution in [2.75, 3.05) is 47.0 Å². The Bertz CT molecular complexity index is 2540. The molecule has 6 aromatic carbocycles. The summed E-state index contributed by atoms with van der Waals surface area (Å²) in [6.45, 7) is 4.44. The average molecular weight is 1090 g/mol. The van der Waals surface area contributed by atoms with Gasteiger partial charge in [-0.2, -0.15) is 0 Å². The molecule has 6 aromatic rings. The Morgan fingerprint density at radius 2 is 0.696 bits per heavy atom. The molecule has 0 radical (unpaired) electrons. The molecule has 0 atom stereocenters. The van der Waals surface area contributed by atoms with Gasteiger partial charge in [-0.3, -0.25) is 0 Å². The van der Waals surface area contributed by atoms with Crippen molar-refractivity contribution in [1.29, 1.82) is 0 Å². The quantitative estimate of drug-likeness (QED) is 0.0624. The van der Waals surface area contributed by atoms with Gasteiger partial charge < -0.3 is 41.9 Å². The smallest absolute Gasteiger partial charge is 0.0720 e. The molecule has 0 spiro atoms. The Morgan fingerprint density at radius 3 is 1.06 bits per heavy atom. The number of benzene rings is 6. The zero-order chi connectivity index (χ0) is 55.7. The van der Waals surface area contributed by atoms with Crippen LogP contribution in [0, 0.1) is 0 Å². The van der Waals surface area contributed by atoms with Gasteiger partial charge in [0.25, 0.3) is 0 Å². The van der Waals surface area contributed by atoms with Crippen molar-refractivity contribution in [2.45, 2.75) is 168 Å². The van der Waals surface area contributed by atoms with Gasteiger partial charge in [-0.1, -0.05) is 181 Å². The number of halogens is 1. The maximum Gasteiger partial charge on any atom is 0.0720 e. The summed E-state index contributed by atoms with van der Waals surface area (Å²) in [5, 5.41) is 0.841. The lowest BCUT2D eigenvalue weighted by Gasteiger charge is -2.40. The molecule has 8 N–H and O–H groups in total. The van der Waals surface area contributed by atoms with E-state index in [0.29, 0.717) is 37.6 Å². The largest absolute Gasteiger partial charge is 0.381 e. The molecule has 4 saturated carbocycles. The summed E-state index contributed by atoms with van der Waals surface area (Å²) in [5.74, 6) is 0. The van der Waals surface area contributed by atoms with E-state index in [4.69, 9.17) is 53.5 Å². The lowest BCUT2D eigenvalue weighted by molar-refractivity contribution is 0.00248. The van der Waals surface area contributed by atoms with Crippen LogP contribution in [0.4, 0.5) is 0 Å². The molecule has 0 unspecified atom stereocenters. The van der Waals surface area contributed by atoms with Crippen molar-refractivity contribution in [3.63, 3.8) is 0 Å². The second-order valence-electron chi connectivity index (χ2n) is 23.0. The number of hydrogen-bond acceptors (Lipinski definition) is 8. The van der Waals surface area contributed by atoms with E-state index in [1.54, 1.807) is 7.11 Å². The van der Waals surface area contributed by atoms with E-state index in [9.17, 15) is 0 Å². The fraction of sp³-hybridized carbons (Fsp3) is 0.486. The van der Waals surface area contributed by atoms with E-state index in [-0.39, 0.29) is 21.7 Å². The van der Waals surface area contributed by atoms with Gasteiger partial charge in [0.15, 0.2) is 0 Å². The van der Waals surface area contributed by atoms with Gasteiger partial charge in [0.2, 0.25) is 0 Å². The molecule has 9 heteroatoms. The predicted octanol–water partition coefficient (Wildman–Crippen LogP) is 14.1. The lowest BCUT2D eigenvalue weighted by Crippen LogP contribution is -2.40.